The monoisotopic (exact) mass is 449 g/mol. The largest absolute Gasteiger partial charge is 0.465 e. The first-order valence-electron chi connectivity index (χ1n) is 11.5. The molecule has 1 aromatic heterocycles. The normalized spacial score (nSPS) is 22.9. The molecule has 0 bridgehead atoms. The molecule has 32 heavy (non-hydrogen) atoms. The molecule has 8 nitrogen and oxygen atoms in total. The van der Waals surface area contributed by atoms with Crippen molar-refractivity contribution in [3.8, 4) is 0 Å². The molecule has 1 aliphatic heterocycles. The molecule has 3 rings (SSSR count). The Labute approximate surface area is 189 Å². The van der Waals surface area contributed by atoms with Crippen LogP contribution in [0.2, 0.25) is 0 Å². The summed E-state index contributed by atoms with van der Waals surface area (Å²) in [5.74, 6) is -0.478. The maximum atomic E-state index is 13.9. The van der Waals surface area contributed by atoms with Crippen LogP contribution in [0.1, 0.15) is 69.7 Å². The third kappa shape index (κ3) is 6.09. The van der Waals surface area contributed by atoms with E-state index < -0.39 is 17.4 Å². The van der Waals surface area contributed by atoms with Crippen molar-refractivity contribution in [1.82, 2.24) is 20.1 Å². The average Bonchev–Trinajstić information content (AvgIpc) is 2.71. The molecule has 0 radical (unpaired) electrons. The standard InChI is InChI=1S/C23H36FN5O3/c1-23(2,3)29(22(31)32)18-7-5-16(6-8-18)27-21(30)19-13-15(24)14-25-20(19)26-17-9-11-28(4)12-10-17/h13-14,16-18H,5-12H2,1-4H3,(H,25,26)(H,27,30)(H,31,32). The molecule has 178 valence electrons. The van der Waals surface area contributed by atoms with Crippen LogP contribution in [0.5, 0.6) is 0 Å². The topological polar surface area (TPSA) is 97.8 Å². The molecule has 0 unspecified atom stereocenters. The highest BCUT2D eigenvalue weighted by Gasteiger charge is 2.36. The number of nitrogens with one attached hydrogen (secondary N) is 2. The number of carboxylic acid groups (broad SMARTS) is 1. The van der Waals surface area contributed by atoms with Crippen LogP contribution in [0.25, 0.3) is 0 Å². The van der Waals surface area contributed by atoms with Crippen LogP contribution in [0.15, 0.2) is 12.3 Å². The number of nitrogens with zero attached hydrogens (tertiary/aromatic N) is 3. The van der Waals surface area contributed by atoms with Gasteiger partial charge in [0, 0.05) is 23.7 Å². The second kappa shape index (κ2) is 10.0. The van der Waals surface area contributed by atoms with Gasteiger partial charge in [0.05, 0.1) is 11.8 Å². The summed E-state index contributed by atoms with van der Waals surface area (Å²) in [5, 5.41) is 16.0. The molecule has 0 aromatic carbocycles. The molecular formula is C23H36FN5O3. The van der Waals surface area contributed by atoms with Crippen LogP contribution >= 0.6 is 0 Å². The maximum absolute atomic E-state index is 13.9. The Bertz CT molecular complexity index is 812. The van der Waals surface area contributed by atoms with Gasteiger partial charge in [0.2, 0.25) is 0 Å². The number of likely N-dealkylation sites (tertiary alicyclic amines) is 1. The number of carbonyl (C=O) groups is 2. The van der Waals surface area contributed by atoms with Crippen molar-refractivity contribution in [3.63, 3.8) is 0 Å². The maximum Gasteiger partial charge on any atom is 0.407 e. The van der Waals surface area contributed by atoms with Crippen molar-refractivity contribution in [1.29, 1.82) is 0 Å². The number of hydrogen-bond donors (Lipinski definition) is 3. The zero-order valence-corrected chi connectivity index (χ0v) is 19.5. The van der Waals surface area contributed by atoms with Gasteiger partial charge in [-0.25, -0.2) is 14.2 Å². The van der Waals surface area contributed by atoms with Gasteiger partial charge in [-0.2, -0.15) is 0 Å². The number of amides is 2. The van der Waals surface area contributed by atoms with Crippen LogP contribution in [0.3, 0.4) is 0 Å². The van der Waals surface area contributed by atoms with Gasteiger partial charge in [-0.05, 0) is 85.5 Å². The van der Waals surface area contributed by atoms with E-state index in [-0.39, 0.29) is 29.6 Å². The second-order valence-corrected chi connectivity index (χ2v) is 10.1. The zero-order chi connectivity index (χ0) is 23.5. The summed E-state index contributed by atoms with van der Waals surface area (Å²) in [6, 6.07) is 1.29. The summed E-state index contributed by atoms with van der Waals surface area (Å²) in [4.78, 5) is 32.7. The van der Waals surface area contributed by atoms with Crippen molar-refractivity contribution in [2.75, 3.05) is 25.5 Å². The molecule has 9 heteroatoms. The Balaban J connectivity index is 1.62. The first-order chi connectivity index (χ1) is 15.0. The number of rotatable bonds is 5. The molecule has 2 fully saturated rings. The molecule has 1 saturated carbocycles. The molecule has 0 spiro atoms. The van der Waals surface area contributed by atoms with Gasteiger partial charge in [0.15, 0.2) is 0 Å². The summed E-state index contributed by atoms with van der Waals surface area (Å²) in [6.07, 6.45) is 4.80. The molecule has 1 saturated heterocycles. The third-order valence-electron chi connectivity index (χ3n) is 6.48. The van der Waals surface area contributed by atoms with E-state index >= 15 is 0 Å². The molecular weight excluding hydrogens is 413 g/mol. The molecule has 2 amide bonds. The highest BCUT2D eigenvalue weighted by molar-refractivity contribution is 5.99. The van der Waals surface area contributed by atoms with E-state index in [0.29, 0.717) is 31.5 Å². The predicted molar refractivity (Wildman–Crippen MR) is 121 cm³/mol. The van der Waals surface area contributed by atoms with E-state index in [1.165, 1.54) is 11.0 Å². The third-order valence-corrected chi connectivity index (χ3v) is 6.48. The quantitative estimate of drug-likeness (QED) is 0.636. The summed E-state index contributed by atoms with van der Waals surface area (Å²) in [6.45, 7) is 7.61. The first kappa shape index (κ1) is 24.2. The van der Waals surface area contributed by atoms with Crippen LogP contribution < -0.4 is 10.6 Å². The number of halogens is 1. The molecule has 3 N–H and O–H groups in total. The van der Waals surface area contributed by atoms with Crippen molar-refractivity contribution >= 4 is 17.8 Å². The summed E-state index contributed by atoms with van der Waals surface area (Å²) >= 11 is 0. The van der Waals surface area contributed by atoms with E-state index in [9.17, 15) is 19.1 Å². The number of anilines is 1. The van der Waals surface area contributed by atoms with E-state index in [2.05, 4.69) is 27.6 Å². The lowest BCUT2D eigenvalue weighted by Gasteiger charge is -2.42. The lowest BCUT2D eigenvalue weighted by Crippen LogP contribution is -2.53. The van der Waals surface area contributed by atoms with Crippen molar-refractivity contribution < 1.29 is 19.1 Å². The molecule has 2 aliphatic rings. The first-order valence-corrected chi connectivity index (χ1v) is 11.5. The van der Waals surface area contributed by atoms with Crippen LogP contribution in [0.4, 0.5) is 15.0 Å². The number of aromatic nitrogens is 1. The van der Waals surface area contributed by atoms with Gasteiger partial charge >= 0.3 is 6.09 Å². The lowest BCUT2D eigenvalue weighted by atomic mass is 9.88. The van der Waals surface area contributed by atoms with E-state index in [4.69, 9.17) is 0 Å². The lowest BCUT2D eigenvalue weighted by molar-refractivity contribution is 0.0520. The predicted octanol–water partition coefficient (Wildman–Crippen LogP) is 3.55. The number of piperidine rings is 1. The summed E-state index contributed by atoms with van der Waals surface area (Å²) in [7, 11) is 2.08. The van der Waals surface area contributed by atoms with Crippen LogP contribution in [0, 0.1) is 5.82 Å². The fourth-order valence-corrected chi connectivity index (χ4v) is 4.81. The van der Waals surface area contributed by atoms with Crippen LogP contribution in [-0.2, 0) is 0 Å². The SMILES string of the molecule is CN1CCC(Nc2ncc(F)cc2C(=O)NC2CCC(N(C(=O)O)C(C)(C)C)CC2)CC1. The summed E-state index contributed by atoms with van der Waals surface area (Å²) in [5.41, 5.74) is -0.262. The van der Waals surface area contributed by atoms with Gasteiger partial charge in [-0.1, -0.05) is 0 Å². The Kier molecular flexibility index (Phi) is 7.59. The average molecular weight is 450 g/mol. The molecule has 1 aromatic rings. The minimum Gasteiger partial charge on any atom is -0.465 e. The van der Waals surface area contributed by atoms with Gasteiger partial charge in [0.25, 0.3) is 5.91 Å². The van der Waals surface area contributed by atoms with Crippen molar-refractivity contribution in [2.45, 2.75) is 83.0 Å². The second-order valence-electron chi connectivity index (χ2n) is 10.1. The minimum atomic E-state index is -0.916. The van der Waals surface area contributed by atoms with E-state index in [1.807, 2.05) is 20.8 Å². The molecule has 0 atom stereocenters. The molecule has 1 aliphatic carbocycles. The van der Waals surface area contributed by atoms with Crippen molar-refractivity contribution in [3.05, 3.63) is 23.6 Å². The highest BCUT2D eigenvalue weighted by Crippen LogP contribution is 2.29. The fraction of sp³-hybridized carbons (Fsp3) is 0.696. The fourth-order valence-electron chi connectivity index (χ4n) is 4.81. The van der Waals surface area contributed by atoms with Crippen molar-refractivity contribution in [2.24, 2.45) is 0 Å². The molecule has 2 heterocycles. The smallest absolute Gasteiger partial charge is 0.407 e. The van der Waals surface area contributed by atoms with Gasteiger partial charge in [-0.3, -0.25) is 4.79 Å². The Morgan fingerprint density at radius 1 is 1.12 bits per heavy atom. The zero-order valence-electron chi connectivity index (χ0n) is 19.5. The minimum absolute atomic E-state index is 0.0712. The Morgan fingerprint density at radius 3 is 2.31 bits per heavy atom. The van der Waals surface area contributed by atoms with E-state index in [1.54, 1.807) is 0 Å². The van der Waals surface area contributed by atoms with Gasteiger partial charge < -0.3 is 25.5 Å². The Morgan fingerprint density at radius 2 is 1.75 bits per heavy atom. The van der Waals surface area contributed by atoms with E-state index in [0.717, 1.165) is 32.1 Å². The Hall–Kier alpha value is -2.42. The summed E-state index contributed by atoms with van der Waals surface area (Å²) < 4.78 is 13.9. The highest BCUT2D eigenvalue weighted by atomic mass is 19.1. The van der Waals surface area contributed by atoms with Crippen LogP contribution in [-0.4, -0.2) is 75.7 Å². The number of pyridine rings is 1. The number of carbonyl (C=O) groups excluding carboxylic acids is 1. The van der Waals surface area contributed by atoms with Gasteiger partial charge in [-0.15, -0.1) is 0 Å². The number of hydrogen-bond acceptors (Lipinski definition) is 5. The van der Waals surface area contributed by atoms with Gasteiger partial charge in [0.1, 0.15) is 11.6 Å².